The molecule has 16 N–H and O–H groups in total. The number of ether oxygens (including phenoxy) is 11. The summed E-state index contributed by atoms with van der Waals surface area (Å²) in [4.78, 5) is 38.6. The summed E-state index contributed by atoms with van der Waals surface area (Å²) in [6.07, 6.45) is -34.1. The Kier molecular flexibility index (Phi) is 23.6. The topological polar surface area (TPSA) is 460 Å². The molecular formula is C63H102N2O28. The van der Waals surface area contributed by atoms with E-state index in [-0.39, 0.29) is 35.1 Å². The number of carbonyl (C=O) groups excluding carboxylic acids is 3. The van der Waals surface area contributed by atoms with Crippen molar-refractivity contribution in [3.63, 3.8) is 0 Å². The maximum absolute atomic E-state index is 13.6. The number of rotatable bonds is 21. The van der Waals surface area contributed by atoms with Crippen LogP contribution in [0.15, 0.2) is 22.8 Å². The zero-order chi connectivity index (χ0) is 68.3. The van der Waals surface area contributed by atoms with Crippen LogP contribution in [0.3, 0.4) is 0 Å². The molecule has 3 saturated carbocycles. The highest BCUT2D eigenvalue weighted by Gasteiger charge is 2.68. The standard InChI is InChI=1S/C63H102N2O28/c1-25(2)17-29(71)18-26(3)31-19-32(83-10)40-30-11-12-38-60(6,7)39(13-14-62(38,9)63(30,82)16-15-61(31,40)8)91-59-53(47(76)37(24-85-59)90-55-41(64-27(4)69)48(77)43(72)33(20-66)86-55)92-56-42(65-28(5)70)49(78)46(75)36(89-56)23-84-58-54(51(80)45(74)35(22-68)88-58)93-57-52(81)50(79)44(73)34(21-67)87-57/h17,26,31-39,41-59,66-68,72-82H,11-16,18-24H2,1-10H3,(H,64,69)(H,65,70)/t26?,31-,32+,33?,34?,35?,36?,37-,38?,39+,41?,42?,43+,44-,45-,46-,47?,48?,49?,50?,51?,52?,53?,54?,55+,56+,57+,58-,59+,61-,62+,63-/m1/s1. The summed E-state index contributed by atoms with van der Waals surface area (Å²) in [5.41, 5.74) is -0.0157. The minimum absolute atomic E-state index is 0.0467. The normalized spacial score (nSPS) is 47.7. The molecule has 0 radical (unpaired) electrons. The van der Waals surface area contributed by atoms with Gasteiger partial charge in [-0.05, 0) is 105 Å². The van der Waals surface area contributed by atoms with Gasteiger partial charge in [0, 0.05) is 32.8 Å². The van der Waals surface area contributed by atoms with Crippen molar-refractivity contribution in [3.05, 3.63) is 22.8 Å². The molecule has 30 nitrogen and oxygen atoms in total. The number of hydrogen-bond acceptors (Lipinski definition) is 28. The molecule has 2 amide bonds. The van der Waals surface area contributed by atoms with Gasteiger partial charge in [0.25, 0.3) is 0 Å². The zero-order valence-corrected chi connectivity index (χ0v) is 54.5. The van der Waals surface area contributed by atoms with Crippen LogP contribution in [-0.2, 0) is 66.5 Å². The monoisotopic (exact) mass is 1330 g/mol. The predicted octanol–water partition coefficient (Wildman–Crippen LogP) is -3.94. The van der Waals surface area contributed by atoms with Crippen LogP contribution in [-0.4, -0.2) is 294 Å². The van der Waals surface area contributed by atoms with Crippen molar-refractivity contribution in [3.8, 4) is 0 Å². The highest BCUT2D eigenvalue weighted by atomic mass is 16.8. The summed E-state index contributed by atoms with van der Waals surface area (Å²) in [5, 5.41) is 161. The van der Waals surface area contributed by atoms with Gasteiger partial charge in [0.05, 0.1) is 50.8 Å². The second-order valence-electron chi connectivity index (χ2n) is 28.6. The highest BCUT2D eigenvalue weighted by Crippen LogP contribution is 2.70. The van der Waals surface area contributed by atoms with Crippen molar-refractivity contribution < 1.29 is 138 Å². The Bertz CT molecular complexity index is 2650. The predicted molar refractivity (Wildman–Crippen MR) is 317 cm³/mol. The minimum Gasteiger partial charge on any atom is -0.394 e. The average Bonchev–Trinajstić information content (AvgIpc) is 1.67. The van der Waals surface area contributed by atoms with Crippen LogP contribution >= 0.6 is 0 Å². The minimum atomic E-state index is -2.00. The Hall–Kier alpha value is -2.91. The van der Waals surface area contributed by atoms with Crippen molar-refractivity contribution in [1.29, 1.82) is 0 Å². The second-order valence-corrected chi connectivity index (χ2v) is 28.6. The molecule has 30 heteroatoms. The number of aliphatic hydroxyl groups excluding tert-OH is 13. The van der Waals surface area contributed by atoms with Crippen LogP contribution in [0, 0.1) is 34.0 Å². The van der Waals surface area contributed by atoms with Gasteiger partial charge in [-0.2, -0.15) is 0 Å². The van der Waals surface area contributed by atoms with Gasteiger partial charge in [0.2, 0.25) is 11.8 Å². The van der Waals surface area contributed by atoms with Crippen LogP contribution in [0.2, 0.25) is 0 Å². The molecule has 5 aliphatic heterocycles. The molecule has 0 spiro atoms. The number of nitrogens with one attached hydrogen (secondary N) is 2. The molecule has 8 fully saturated rings. The number of hydrogen-bond donors (Lipinski definition) is 16. The van der Waals surface area contributed by atoms with E-state index in [4.69, 9.17) is 52.1 Å². The number of allylic oxidation sites excluding steroid dienone is 2. The van der Waals surface area contributed by atoms with Crippen molar-refractivity contribution in [1.82, 2.24) is 10.6 Å². The molecule has 32 atom stereocenters. The number of aliphatic hydroxyl groups is 14. The molecule has 16 unspecified atom stereocenters. The van der Waals surface area contributed by atoms with Crippen molar-refractivity contribution in [2.75, 3.05) is 40.1 Å². The molecule has 0 aromatic carbocycles. The van der Waals surface area contributed by atoms with E-state index in [2.05, 4.69) is 31.4 Å². The maximum atomic E-state index is 13.6. The summed E-state index contributed by atoms with van der Waals surface area (Å²) >= 11 is 0. The first-order chi connectivity index (χ1) is 43.7. The molecule has 9 aliphatic rings. The molecule has 0 aromatic heterocycles. The smallest absolute Gasteiger partial charge is 0.217 e. The Balaban J connectivity index is 1.00. The van der Waals surface area contributed by atoms with Gasteiger partial charge < -0.3 is 134 Å². The zero-order valence-electron chi connectivity index (χ0n) is 54.5. The van der Waals surface area contributed by atoms with Gasteiger partial charge in [-0.15, -0.1) is 0 Å². The van der Waals surface area contributed by atoms with Crippen LogP contribution < -0.4 is 10.6 Å². The number of amides is 2. The van der Waals surface area contributed by atoms with E-state index in [9.17, 15) is 85.9 Å². The largest absolute Gasteiger partial charge is 0.394 e. The molecular weight excluding hydrogens is 1230 g/mol. The number of methoxy groups -OCH3 is 1. The van der Waals surface area contributed by atoms with Crippen LogP contribution in [0.5, 0.6) is 0 Å². The highest BCUT2D eigenvalue weighted by molar-refractivity contribution is 5.90. The number of carbonyl (C=O) groups is 3. The van der Waals surface area contributed by atoms with E-state index >= 15 is 0 Å². The lowest BCUT2D eigenvalue weighted by molar-refractivity contribution is -0.380. The Morgan fingerprint density at radius 1 is 0.613 bits per heavy atom. The number of fused-ring (bicyclic) bond motifs is 4. The lowest BCUT2D eigenvalue weighted by Gasteiger charge is -2.65. The molecule has 5 heterocycles. The van der Waals surface area contributed by atoms with Crippen LogP contribution in [0.1, 0.15) is 114 Å². The Morgan fingerprint density at radius 2 is 1.14 bits per heavy atom. The van der Waals surface area contributed by atoms with Gasteiger partial charge >= 0.3 is 0 Å². The summed E-state index contributed by atoms with van der Waals surface area (Å²) in [5.74, 6) is -1.36. The van der Waals surface area contributed by atoms with Gasteiger partial charge in [-0.25, -0.2) is 0 Å². The fourth-order valence-electron chi connectivity index (χ4n) is 17.1. The Morgan fingerprint density at radius 3 is 1.72 bits per heavy atom. The van der Waals surface area contributed by atoms with E-state index in [1.807, 2.05) is 27.7 Å². The van der Waals surface area contributed by atoms with E-state index < -0.39 is 215 Å². The fraction of sp³-hybridized carbons (Fsp3) is 0.889. The third-order valence-electron chi connectivity index (χ3n) is 22.1. The molecule has 93 heavy (non-hydrogen) atoms. The molecule has 5 saturated heterocycles. The SMILES string of the molecule is CO[C@H]1C[C@H](C(C)CC(=O)C=C(C)C)[C@@]2(C)CC[C@@]3(O)C(=C12)CCC1C(C)(C)[C@@H](O[C@@H]2OC[C@@H](O[C@@H]4OC(CO)[C@H](O)C(O)C4NC(C)=O)C(O)C2O[C@@H]2OC(CO[C@@H]4OC(CO)[C@@H](O)C(O)C4O[C@@H]4OC(CO)[C@@H](O)C(O)C4O)[C@@H](O)C(O)C2NC(C)=O)CC[C@@]13C. The van der Waals surface area contributed by atoms with Crippen LogP contribution in [0.4, 0.5) is 0 Å². The molecule has 0 aromatic rings. The van der Waals surface area contributed by atoms with Gasteiger partial charge in [0.1, 0.15) is 116 Å². The van der Waals surface area contributed by atoms with Gasteiger partial charge in [0.15, 0.2) is 37.2 Å². The first-order valence-corrected chi connectivity index (χ1v) is 32.5. The van der Waals surface area contributed by atoms with Crippen molar-refractivity contribution in [2.24, 2.45) is 34.0 Å². The lowest BCUT2D eigenvalue weighted by atomic mass is 9.42. The summed E-state index contributed by atoms with van der Waals surface area (Å²) in [6.45, 7) is 12.8. The fourth-order valence-corrected chi connectivity index (χ4v) is 17.1. The van der Waals surface area contributed by atoms with Crippen molar-refractivity contribution >= 4 is 17.6 Å². The third kappa shape index (κ3) is 14.2. The average molecular weight is 1340 g/mol. The van der Waals surface area contributed by atoms with Crippen molar-refractivity contribution in [2.45, 2.75) is 279 Å². The number of ketones is 1. The lowest BCUT2D eigenvalue weighted by Crippen LogP contribution is -2.69. The second kappa shape index (κ2) is 29.5. The quantitative estimate of drug-likeness (QED) is 0.0296. The molecule has 4 aliphatic carbocycles. The van der Waals surface area contributed by atoms with E-state index in [0.717, 1.165) is 30.6 Å². The first-order valence-electron chi connectivity index (χ1n) is 32.5. The maximum Gasteiger partial charge on any atom is 0.217 e. The third-order valence-corrected chi connectivity index (χ3v) is 22.1. The molecule has 532 valence electrons. The summed E-state index contributed by atoms with van der Waals surface area (Å²) < 4.78 is 68.0. The van der Waals surface area contributed by atoms with Gasteiger partial charge in [-0.3, -0.25) is 14.4 Å². The molecule has 0 bridgehead atoms. The first kappa shape index (κ1) is 74.3. The van der Waals surface area contributed by atoms with E-state index in [1.54, 1.807) is 13.2 Å². The van der Waals surface area contributed by atoms with E-state index in [1.165, 1.54) is 0 Å². The van der Waals surface area contributed by atoms with Gasteiger partial charge in [-0.1, -0.05) is 40.2 Å². The van der Waals surface area contributed by atoms with E-state index in [0.29, 0.717) is 51.4 Å². The summed E-state index contributed by atoms with van der Waals surface area (Å²) in [6, 6.07) is -3.13. The molecule has 9 rings (SSSR count). The Labute approximate surface area is 540 Å². The summed E-state index contributed by atoms with van der Waals surface area (Å²) in [7, 11) is 1.70. The van der Waals surface area contributed by atoms with Crippen LogP contribution in [0.25, 0.3) is 0 Å².